The Kier molecular flexibility index (Phi) is 6.16. The van der Waals surface area contributed by atoms with Gasteiger partial charge in [-0.1, -0.05) is 25.4 Å². The number of hydrogen-bond donors (Lipinski definition) is 2. The molecule has 1 rings (SSSR count). The van der Waals surface area contributed by atoms with Gasteiger partial charge in [0, 0.05) is 23.6 Å². The lowest BCUT2D eigenvalue weighted by Gasteiger charge is -2.11. The zero-order valence-electron chi connectivity index (χ0n) is 11.4. The van der Waals surface area contributed by atoms with Crippen LogP contribution in [0.4, 0.5) is 0 Å². The number of aliphatic hydroxyl groups excluding tert-OH is 1. The molecule has 1 atom stereocenters. The number of nitrogens with two attached hydrogens (primary N) is 1. The molecule has 3 N–H and O–H groups in total. The fourth-order valence-corrected chi connectivity index (χ4v) is 1.65. The second-order valence-electron chi connectivity index (χ2n) is 4.57. The number of aromatic nitrogens is 1. The molecule has 0 aliphatic rings. The first kappa shape index (κ1) is 16.2. The van der Waals surface area contributed by atoms with E-state index in [0.717, 1.165) is 0 Å². The van der Waals surface area contributed by atoms with Crippen molar-refractivity contribution in [1.82, 2.24) is 4.98 Å². The largest absolute Gasteiger partial charge is 0.404 e. The number of nitriles is 1. The van der Waals surface area contributed by atoms with Gasteiger partial charge in [-0.05, 0) is 18.1 Å². The zero-order valence-corrected chi connectivity index (χ0v) is 12.2. The number of halogens is 1. The topological polar surface area (TPSA) is 95.3 Å². The van der Waals surface area contributed by atoms with Crippen LogP contribution in [0.15, 0.2) is 23.3 Å². The van der Waals surface area contributed by atoms with E-state index in [1.165, 1.54) is 6.20 Å². The van der Waals surface area contributed by atoms with E-state index in [9.17, 15) is 5.11 Å². The second-order valence-corrected chi connectivity index (χ2v) is 4.93. The molecule has 0 fully saturated rings. The lowest BCUT2D eigenvalue weighted by molar-refractivity contribution is 0.134. The van der Waals surface area contributed by atoms with E-state index in [2.05, 4.69) is 9.98 Å². The summed E-state index contributed by atoms with van der Waals surface area (Å²) < 4.78 is 0. The molecule has 1 aromatic rings. The third-order valence-corrected chi connectivity index (χ3v) is 3.03. The predicted octanol–water partition coefficient (Wildman–Crippen LogP) is 1.99. The highest BCUT2D eigenvalue weighted by molar-refractivity contribution is 6.32. The molecule has 0 amide bonds. The van der Waals surface area contributed by atoms with Crippen molar-refractivity contribution in [3.05, 3.63) is 34.7 Å². The quantitative estimate of drug-likeness (QED) is 0.641. The summed E-state index contributed by atoms with van der Waals surface area (Å²) in [5.74, 6) is 0.137. The summed E-state index contributed by atoms with van der Waals surface area (Å²) in [6, 6.07) is 5.13. The summed E-state index contributed by atoms with van der Waals surface area (Å²) in [7, 11) is 0. The molecule has 0 spiro atoms. The first-order valence-corrected chi connectivity index (χ1v) is 6.54. The van der Waals surface area contributed by atoms with E-state index in [1.807, 2.05) is 19.9 Å². The molecule has 0 aromatic carbocycles. The minimum absolute atomic E-state index is 0.137. The number of pyridine rings is 1. The van der Waals surface area contributed by atoms with E-state index in [0.29, 0.717) is 11.1 Å². The average Bonchev–Trinajstić information content (AvgIpc) is 2.43. The van der Waals surface area contributed by atoms with E-state index < -0.39 is 6.10 Å². The van der Waals surface area contributed by atoms with Gasteiger partial charge < -0.3 is 10.8 Å². The van der Waals surface area contributed by atoms with Gasteiger partial charge in [0.05, 0.1) is 12.6 Å². The maximum Gasteiger partial charge on any atom is 0.142 e. The van der Waals surface area contributed by atoms with Gasteiger partial charge in [-0.25, -0.2) is 4.98 Å². The molecular weight excluding hydrogens is 276 g/mol. The highest BCUT2D eigenvalue weighted by atomic mass is 35.5. The third kappa shape index (κ3) is 4.34. The van der Waals surface area contributed by atoms with Gasteiger partial charge in [-0.3, -0.25) is 4.99 Å². The molecule has 6 heteroatoms. The number of hydrogen-bond acceptors (Lipinski definition) is 5. The Morgan fingerprint density at radius 1 is 1.60 bits per heavy atom. The standard InChI is InChI=1S/C14H17ClN4O/c1-9(2)13(20)8-18-7-10(5-16)12-4-3-11(6-17)19-14(12)15/h3-5,7,9,13,20H,8,16H2,1-2H3/b10-5+,18-7?. The summed E-state index contributed by atoms with van der Waals surface area (Å²) in [4.78, 5) is 8.08. The van der Waals surface area contributed by atoms with Crippen LogP contribution in [0.1, 0.15) is 25.1 Å². The molecule has 1 unspecified atom stereocenters. The summed E-state index contributed by atoms with van der Waals surface area (Å²) >= 11 is 6.00. The smallest absolute Gasteiger partial charge is 0.142 e. The van der Waals surface area contributed by atoms with Gasteiger partial charge in [0.15, 0.2) is 0 Å². The number of allylic oxidation sites excluding steroid dienone is 1. The Hall–Kier alpha value is -1.90. The lowest BCUT2D eigenvalue weighted by atomic mass is 10.1. The van der Waals surface area contributed by atoms with E-state index >= 15 is 0 Å². The van der Waals surface area contributed by atoms with Crippen LogP contribution in [-0.4, -0.2) is 29.0 Å². The molecule has 5 nitrogen and oxygen atoms in total. The number of aliphatic imine (C=N–C) groups is 1. The molecule has 106 valence electrons. The molecule has 0 radical (unpaired) electrons. The number of aliphatic hydroxyl groups is 1. The Balaban J connectivity index is 2.88. The van der Waals surface area contributed by atoms with Crippen LogP contribution in [0.2, 0.25) is 5.15 Å². The first-order chi connectivity index (χ1) is 9.49. The third-order valence-electron chi connectivity index (χ3n) is 2.75. The van der Waals surface area contributed by atoms with Crippen LogP contribution in [0.3, 0.4) is 0 Å². The Morgan fingerprint density at radius 2 is 2.30 bits per heavy atom. The van der Waals surface area contributed by atoms with Crippen molar-refractivity contribution in [2.24, 2.45) is 16.6 Å². The molecule has 0 saturated carbocycles. The molecule has 0 aliphatic carbocycles. The Bertz CT molecular complexity index is 561. The van der Waals surface area contributed by atoms with Gasteiger partial charge in [0.25, 0.3) is 0 Å². The van der Waals surface area contributed by atoms with Crippen LogP contribution in [-0.2, 0) is 0 Å². The highest BCUT2D eigenvalue weighted by Crippen LogP contribution is 2.20. The zero-order chi connectivity index (χ0) is 15.1. The van der Waals surface area contributed by atoms with Crippen LogP contribution in [0.5, 0.6) is 0 Å². The van der Waals surface area contributed by atoms with E-state index in [4.69, 9.17) is 22.6 Å². The number of nitrogens with zero attached hydrogens (tertiary/aromatic N) is 3. The predicted molar refractivity (Wildman–Crippen MR) is 80.3 cm³/mol. The maximum absolute atomic E-state index is 9.67. The van der Waals surface area contributed by atoms with Gasteiger partial charge in [0.1, 0.15) is 16.9 Å². The van der Waals surface area contributed by atoms with Gasteiger partial charge in [0.2, 0.25) is 0 Å². The van der Waals surface area contributed by atoms with Crippen LogP contribution >= 0.6 is 11.6 Å². The van der Waals surface area contributed by atoms with Gasteiger partial charge in [-0.2, -0.15) is 5.26 Å². The molecule has 0 saturated heterocycles. The molecular formula is C14H17ClN4O. The maximum atomic E-state index is 9.67. The minimum atomic E-state index is -0.500. The number of rotatable bonds is 5. The fraction of sp³-hybridized carbons (Fsp3) is 0.357. The van der Waals surface area contributed by atoms with Crippen LogP contribution < -0.4 is 5.73 Å². The minimum Gasteiger partial charge on any atom is -0.404 e. The van der Waals surface area contributed by atoms with Crippen molar-refractivity contribution < 1.29 is 5.11 Å². The Morgan fingerprint density at radius 3 is 2.80 bits per heavy atom. The SMILES string of the molecule is CC(C)C(O)CN=C/C(=C\N)c1ccc(C#N)nc1Cl. The summed E-state index contributed by atoms with van der Waals surface area (Å²) in [5, 5.41) is 18.6. The Labute approximate surface area is 123 Å². The van der Waals surface area contributed by atoms with E-state index in [1.54, 1.807) is 18.3 Å². The average molecular weight is 293 g/mol. The normalized spacial score (nSPS) is 13.7. The van der Waals surface area contributed by atoms with Gasteiger partial charge in [-0.15, -0.1) is 0 Å². The fourth-order valence-electron chi connectivity index (χ4n) is 1.38. The highest BCUT2D eigenvalue weighted by Gasteiger charge is 2.09. The van der Waals surface area contributed by atoms with Crippen molar-refractivity contribution in [3.8, 4) is 6.07 Å². The van der Waals surface area contributed by atoms with E-state index in [-0.39, 0.29) is 23.3 Å². The lowest BCUT2D eigenvalue weighted by Crippen LogP contribution is -2.18. The molecule has 0 bridgehead atoms. The molecule has 1 heterocycles. The summed E-state index contributed by atoms with van der Waals surface area (Å²) in [5.41, 5.74) is 6.97. The van der Waals surface area contributed by atoms with Crippen LogP contribution in [0, 0.1) is 17.2 Å². The second kappa shape index (κ2) is 7.63. The first-order valence-electron chi connectivity index (χ1n) is 6.16. The van der Waals surface area contributed by atoms with Crippen molar-refractivity contribution >= 4 is 23.4 Å². The van der Waals surface area contributed by atoms with Crippen molar-refractivity contribution in [2.45, 2.75) is 20.0 Å². The molecule has 0 aliphatic heterocycles. The summed E-state index contributed by atoms with van der Waals surface area (Å²) in [6.45, 7) is 4.12. The van der Waals surface area contributed by atoms with Crippen LogP contribution in [0.25, 0.3) is 5.57 Å². The molecule has 20 heavy (non-hydrogen) atoms. The van der Waals surface area contributed by atoms with Gasteiger partial charge >= 0.3 is 0 Å². The van der Waals surface area contributed by atoms with Crippen molar-refractivity contribution in [3.63, 3.8) is 0 Å². The molecule has 1 aromatic heterocycles. The summed E-state index contributed by atoms with van der Waals surface area (Å²) in [6.07, 6.45) is 2.40. The monoisotopic (exact) mass is 292 g/mol. The van der Waals surface area contributed by atoms with Crippen molar-refractivity contribution in [2.75, 3.05) is 6.54 Å². The van der Waals surface area contributed by atoms with Crippen molar-refractivity contribution in [1.29, 1.82) is 5.26 Å².